The lowest BCUT2D eigenvalue weighted by Crippen LogP contribution is -2.52. The highest BCUT2D eigenvalue weighted by Gasteiger charge is 2.27. The van der Waals surface area contributed by atoms with E-state index in [4.69, 9.17) is 0 Å². The number of likely N-dealkylation sites (N-methyl/N-ethyl adjacent to an activating group) is 1. The van der Waals surface area contributed by atoms with Gasteiger partial charge >= 0.3 is 0 Å². The van der Waals surface area contributed by atoms with E-state index in [2.05, 4.69) is 53.4 Å². The minimum absolute atomic E-state index is 0.654. The molecule has 1 saturated heterocycles. The number of nitrogens with zero attached hydrogens (tertiary/aromatic N) is 2. The summed E-state index contributed by atoms with van der Waals surface area (Å²) in [4.78, 5) is 5.19. The first-order valence-electron chi connectivity index (χ1n) is 7.99. The fraction of sp³-hybridized carbons (Fsp3) is 0.647. The lowest BCUT2D eigenvalue weighted by Gasteiger charge is -2.41. The van der Waals surface area contributed by atoms with Crippen molar-refractivity contribution in [2.75, 3.05) is 39.8 Å². The molecule has 2 atom stereocenters. The van der Waals surface area contributed by atoms with Gasteiger partial charge in [-0.1, -0.05) is 31.2 Å². The SMILES string of the molecule is CCC1CN(CC2CNCc3ccccc32)CCN1C. The van der Waals surface area contributed by atoms with Crippen LogP contribution in [0.15, 0.2) is 24.3 Å². The Labute approximate surface area is 123 Å². The van der Waals surface area contributed by atoms with Crippen LogP contribution in [-0.4, -0.2) is 55.6 Å². The monoisotopic (exact) mass is 273 g/mol. The van der Waals surface area contributed by atoms with Crippen molar-refractivity contribution in [1.29, 1.82) is 0 Å². The van der Waals surface area contributed by atoms with Crippen molar-refractivity contribution in [3.05, 3.63) is 35.4 Å². The van der Waals surface area contributed by atoms with Gasteiger partial charge in [0.1, 0.15) is 0 Å². The first kappa shape index (κ1) is 14.1. The number of fused-ring (bicyclic) bond motifs is 1. The third-order valence-electron chi connectivity index (χ3n) is 5.01. The fourth-order valence-electron chi connectivity index (χ4n) is 3.68. The van der Waals surface area contributed by atoms with Crippen molar-refractivity contribution in [1.82, 2.24) is 15.1 Å². The van der Waals surface area contributed by atoms with Crippen molar-refractivity contribution >= 4 is 0 Å². The largest absolute Gasteiger partial charge is 0.312 e. The van der Waals surface area contributed by atoms with Crippen LogP contribution >= 0.6 is 0 Å². The van der Waals surface area contributed by atoms with Gasteiger partial charge < -0.3 is 10.2 Å². The normalized spacial score (nSPS) is 28.3. The highest BCUT2D eigenvalue weighted by Crippen LogP contribution is 2.25. The van der Waals surface area contributed by atoms with Gasteiger partial charge in [0.05, 0.1) is 0 Å². The second kappa shape index (κ2) is 6.25. The Kier molecular flexibility index (Phi) is 4.39. The molecule has 0 aromatic heterocycles. The molecule has 0 radical (unpaired) electrons. The molecule has 0 bridgehead atoms. The van der Waals surface area contributed by atoms with Crippen LogP contribution in [0, 0.1) is 0 Å². The molecule has 1 aromatic carbocycles. The molecule has 1 fully saturated rings. The molecule has 1 aromatic rings. The van der Waals surface area contributed by atoms with Crippen molar-refractivity contribution in [3.63, 3.8) is 0 Å². The Bertz CT molecular complexity index is 446. The van der Waals surface area contributed by atoms with Gasteiger partial charge in [-0.25, -0.2) is 0 Å². The van der Waals surface area contributed by atoms with E-state index < -0.39 is 0 Å². The van der Waals surface area contributed by atoms with Gasteiger partial charge in [-0.2, -0.15) is 0 Å². The standard InChI is InChI=1S/C17H27N3/c1-3-16-13-20(9-8-19(16)2)12-15-11-18-10-14-6-4-5-7-17(14)15/h4-7,15-16,18H,3,8-13H2,1-2H3. The molecule has 2 aliphatic heterocycles. The Morgan fingerprint density at radius 3 is 2.95 bits per heavy atom. The van der Waals surface area contributed by atoms with Gasteiger partial charge in [0, 0.05) is 51.2 Å². The quantitative estimate of drug-likeness (QED) is 0.907. The zero-order valence-electron chi connectivity index (χ0n) is 12.8. The Morgan fingerprint density at radius 2 is 2.10 bits per heavy atom. The molecular weight excluding hydrogens is 246 g/mol. The number of benzene rings is 1. The summed E-state index contributed by atoms with van der Waals surface area (Å²) < 4.78 is 0. The summed E-state index contributed by atoms with van der Waals surface area (Å²) in [5.41, 5.74) is 3.06. The highest BCUT2D eigenvalue weighted by atomic mass is 15.3. The van der Waals surface area contributed by atoms with Crippen molar-refractivity contribution in [2.24, 2.45) is 0 Å². The first-order chi connectivity index (χ1) is 9.78. The smallest absolute Gasteiger partial charge is 0.0218 e. The fourth-order valence-corrected chi connectivity index (χ4v) is 3.68. The minimum Gasteiger partial charge on any atom is -0.312 e. The molecule has 1 N–H and O–H groups in total. The predicted molar refractivity (Wildman–Crippen MR) is 84.0 cm³/mol. The van der Waals surface area contributed by atoms with E-state index in [9.17, 15) is 0 Å². The topological polar surface area (TPSA) is 18.5 Å². The van der Waals surface area contributed by atoms with E-state index in [1.807, 2.05) is 0 Å². The van der Waals surface area contributed by atoms with Crippen LogP contribution in [-0.2, 0) is 6.54 Å². The molecule has 2 heterocycles. The van der Waals surface area contributed by atoms with Crippen LogP contribution in [0.4, 0.5) is 0 Å². The Morgan fingerprint density at radius 1 is 1.25 bits per heavy atom. The minimum atomic E-state index is 0.654. The molecule has 20 heavy (non-hydrogen) atoms. The molecule has 3 heteroatoms. The van der Waals surface area contributed by atoms with Gasteiger partial charge in [0.25, 0.3) is 0 Å². The lowest BCUT2D eigenvalue weighted by molar-refractivity contribution is 0.0879. The number of nitrogens with one attached hydrogen (secondary N) is 1. The van der Waals surface area contributed by atoms with Gasteiger partial charge in [-0.15, -0.1) is 0 Å². The molecule has 0 aliphatic carbocycles. The zero-order chi connectivity index (χ0) is 13.9. The molecule has 0 spiro atoms. The maximum Gasteiger partial charge on any atom is 0.0218 e. The van der Waals surface area contributed by atoms with E-state index in [-0.39, 0.29) is 0 Å². The van der Waals surface area contributed by atoms with Crippen LogP contribution in [0.25, 0.3) is 0 Å². The third-order valence-corrected chi connectivity index (χ3v) is 5.01. The third kappa shape index (κ3) is 2.90. The average molecular weight is 273 g/mol. The molecule has 110 valence electrons. The Balaban J connectivity index is 1.67. The second-order valence-corrected chi connectivity index (χ2v) is 6.33. The van der Waals surface area contributed by atoms with Crippen molar-refractivity contribution in [3.8, 4) is 0 Å². The summed E-state index contributed by atoms with van der Waals surface area (Å²) >= 11 is 0. The summed E-state index contributed by atoms with van der Waals surface area (Å²) in [6.45, 7) is 9.32. The number of rotatable bonds is 3. The highest BCUT2D eigenvalue weighted by molar-refractivity contribution is 5.32. The second-order valence-electron chi connectivity index (χ2n) is 6.33. The zero-order valence-corrected chi connectivity index (χ0v) is 12.8. The first-order valence-corrected chi connectivity index (χ1v) is 7.99. The number of hydrogen-bond acceptors (Lipinski definition) is 3. The molecule has 3 nitrogen and oxygen atoms in total. The molecular formula is C17H27N3. The number of hydrogen-bond donors (Lipinski definition) is 1. The van der Waals surface area contributed by atoms with Crippen LogP contribution in [0.2, 0.25) is 0 Å². The molecule has 2 unspecified atom stereocenters. The average Bonchev–Trinajstić information content (AvgIpc) is 2.49. The maximum absolute atomic E-state index is 3.58. The van der Waals surface area contributed by atoms with Gasteiger partial charge in [-0.3, -0.25) is 4.90 Å². The molecule has 0 amide bonds. The maximum atomic E-state index is 3.58. The van der Waals surface area contributed by atoms with E-state index in [1.165, 1.54) is 38.2 Å². The van der Waals surface area contributed by atoms with E-state index in [0.717, 1.165) is 19.1 Å². The van der Waals surface area contributed by atoms with Crippen LogP contribution < -0.4 is 5.32 Å². The van der Waals surface area contributed by atoms with E-state index in [0.29, 0.717) is 5.92 Å². The molecule has 0 saturated carbocycles. The molecule has 3 rings (SSSR count). The summed E-state index contributed by atoms with van der Waals surface area (Å²) in [6, 6.07) is 9.68. The van der Waals surface area contributed by atoms with Crippen LogP contribution in [0.5, 0.6) is 0 Å². The van der Waals surface area contributed by atoms with Gasteiger partial charge in [-0.05, 0) is 24.6 Å². The lowest BCUT2D eigenvalue weighted by atomic mass is 9.90. The Hall–Kier alpha value is -0.900. The van der Waals surface area contributed by atoms with Crippen molar-refractivity contribution < 1.29 is 0 Å². The van der Waals surface area contributed by atoms with E-state index in [1.54, 1.807) is 5.56 Å². The summed E-state index contributed by atoms with van der Waals surface area (Å²) in [5, 5.41) is 3.58. The van der Waals surface area contributed by atoms with Crippen LogP contribution in [0.3, 0.4) is 0 Å². The van der Waals surface area contributed by atoms with Crippen molar-refractivity contribution in [2.45, 2.75) is 31.8 Å². The predicted octanol–water partition coefficient (Wildman–Crippen LogP) is 1.90. The van der Waals surface area contributed by atoms with Gasteiger partial charge in [0.2, 0.25) is 0 Å². The summed E-state index contributed by atoms with van der Waals surface area (Å²) in [6.07, 6.45) is 1.26. The van der Waals surface area contributed by atoms with Gasteiger partial charge in [0.15, 0.2) is 0 Å². The summed E-state index contributed by atoms with van der Waals surface area (Å²) in [7, 11) is 2.27. The molecule has 2 aliphatic rings. The van der Waals surface area contributed by atoms with Crippen LogP contribution in [0.1, 0.15) is 30.4 Å². The summed E-state index contributed by atoms with van der Waals surface area (Å²) in [5.74, 6) is 0.654. The number of piperazine rings is 1. The van der Waals surface area contributed by atoms with E-state index >= 15 is 0 Å².